The number of carbonyl (C=O) groups excluding carboxylic acids is 1. The summed E-state index contributed by atoms with van der Waals surface area (Å²) < 4.78 is 22.1. The molecule has 0 aliphatic rings. The molecule has 0 fully saturated rings. The Morgan fingerprint density at radius 2 is 2.00 bits per heavy atom. The Balaban J connectivity index is 1.70. The molecule has 26 heavy (non-hydrogen) atoms. The maximum Gasteiger partial charge on any atom is 0.275 e. The molecule has 0 unspecified atom stereocenters. The molecule has 3 heterocycles. The Hall–Kier alpha value is -3.35. The first-order valence-electron chi connectivity index (χ1n) is 8.14. The Bertz CT molecular complexity index is 1190. The number of furan rings is 1. The first kappa shape index (κ1) is 16.1. The average molecular weight is 353 g/mol. The van der Waals surface area contributed by atoms with Gasteiger partial charge in [0.05, 0.1) is 17.6 Å². The van der Waals surface area contributed by atoms with E-state index in [-0.39, 0.29) is 24.6 Å². The van der Waals surface area contributed by atoms with Gasteiger partial charge in [0.2, 0.25) is 5.91 Å². The number of hydrogen-bond acceptors (Lipinski definition) is 3. The molecule has 132 valence electrons. The van der Waals surface area contributed by atoms with Crippen molar-refractivity contribution in [1.82, 2.24) is 14.3 Å². The van der Waals surface area contributed by atoms with E-state index in [2.05, 4.69) is 5.32 Å². The summed E-state index contributed by atoms with van der Waals surface area (Å²) in [6.45, 7) is 1.83. The number of halogens is 1. The van der Waals surface area contributed by atoms with Gasteiger partial charge in [-0.25, -0.2) is 4.39 Å². The molecule has 1 N–H and O–H groups in total. The second-order valence-corrected chi connectivity index (χ2v) is 6.08. The number of rotatable bonds is 4. The molecule has 6 nitrogen and oxygen atoms in total. The van der Waals surface area contributed by atoms with Crippen molar-refractivity contribution in [3.63, 3.8) is 0 Å². The summed E-state index contributed by atoms with van der Waals surface area (Å²) in [7, 11) is 0. The Labute approximate surface area is 147 Å². The van der Waals surface area contributed by atoms with Crippen LogP contribution in [0.2, 0.25) is 0 Å². The normalized spacial score (nSPS) is 11.3. The molecule has 4 aromatic rings. The van der Waals surface area contributed by atoms with Crippen molar-refractivity contribution >= 4 is 22.5 Å². The highest BCUT2D eigenvalue weighted by atomic mass is 19.1. The van der Waals surface area contributed by atoms with Crippen molar-refractivity contribution < 1.29 is 13.6 Å². The van der Waals surface area contributed by atoms with Crippen molar-refractivity contribution in [3.05, 3.63) is 76.4 Å². The van der Waals surface area contributed by atoms with Crippen LogP contribution in [0.5, 0.6) is 0 Å². The number of fused-ring (bicyclic) bond motifs is 3. The fourth-order valence-electron chi connectivity index (χ4n) is 3.05. The number of hydrogen-bond donors (Lipinski definition) is 1. The lowest BCUT2D eigenvalue weighted by atomic mass is 10.2. The second kappa shape index (κ2) is 6.18. The molecule has 0 saturated heterocycles. The fraction of sp³-hybridized carbons (Fsp3) is 0.158. The Kier molecular flexibility index (Phi) is 3.84. The Morgan fingerprint density at radius 3 is 2.77 bits per heavy atom. The van der Waals surface area contributed by atoms with Crippen molar-refractivity contribution in [1.29, 1.82) is 0 Å². The monoisotopic (exact) mass is 353 g/mol. The van der Waals surface area contributed by atoms with Crippen molar-refractivity contribution in [2.45, 2.75) is 20.0 Å². The van der Waals surface area contributed by atoms with Gasteiger partial charge in [-0.05, 0) is 49.4 Å². The fourth-order valence-corrected chi connectivity index (χ4v) is 3.05. The van der Waals surface area contributed by atoms with Crippen LogP contribution in [0.4, 0.5) is 4.39 Å². The van der Waals surface area contributed by atoms with Crippen molar-refractivity contribution in [2.24, 2.45) is 0 Å². The van der Waals surface area contributed by atoms with Crippen LogP contribution in [0.3, 0.4) is 0 Å². The van der Waals surface area contributed by atoms with Crippen LogP contribution in [-0.2, 0) is 17.9 Å². The molecule has 0 aliphatic carbocycles. The molecule has 7 heteroatoms. The molecule has 4 rings (SSSR count). The van der Waals surface area contributed by atoms with Crippen LogP contribution in [0, 0.1) is 12.7 Å². The van der Waals surface area contributed by atoms with E-state index >= 15 is 0 Å². The lowest BCUT2D eigenvalue weighted by Crippen LogP contribution is -2.32. The van der Waals surface area contributed by atoms with Gasteiger partial charge in [0, 0.05) is 6.20 Å². The topological polar surface area (TPSA) is 68.7 Å². The van der Waals surface area contributed by atoms with Gasteiger partial charge in [-0.2, -0.15) is 0 Å². The quantitative estimate of drug-likeness (QED) is 0.613. The molecular formula is C19H16FN3O3. The van der Waals surface area contributed by atoms with Gasteiger partial charge in [0.15, 0.2) is 0 Å². The van der Waals surface area contributed by atoms with Crippen molar-refractivity contribution in [2.75, 3.05) is 0 Å². The number of amides is 1. The van der Waals surface area contributed by atoms with Crippen LogP contribution < -0.4 is 10.9 Å². The molecule has 1 aromatic carbocycles. The number of nitrogens with zero attached hydrogens (tertiary/aromatic N) is 2. The maximum absolute atomic E-state index is 13.7. The smallest absolute Gasteiger partial charge is 0.275 e. The summed E-state index contributed by atoms with van der Waals surface area (Å²) in [5.41, 5.74) is 1.10. The first-order chi connectivity index (χ1) is 12.5. The highest BCUT2D eigenvalue weighted by Crippen LogP contribution is 2.16. The molecule has 3 aromatic heterocycles. The highest BCUT2D eigenvalue weighted by Gasteiger charge is 2.14. The molecule has 0 aliphatic heterocycles. The van der Waals surface area contributed by atoms with Gasteiger partial charge in [0.1, 0.15) is 29.4 Å². The lowest BCUT2D eigenvalue weighted by Gasteiger charge is -2.12. The zero-order chi connectivity index (χ0) is 18.3. The van der Waals surface area contributed by atoms with Crippen LogP contribution >= 0.6 is 0 Å². The van der Waals surface area contributed by atoms with E-state index in [4.69, 9.17) is 4.42 Å². The van der Waals surface area contributed by atoms with E-state index in [1.165, 1.54) is 16.7 Å². The molecule has 0 saturated carbocycles. The third-order valence-electron chi connectivity index (χ3n) is 4.26. The molecular weight excluding hydrogens is 337 g/mol. The van der Waals surface area contributed by atoms with Crippen molar-refractivity contribution in [3.8, 4) is 0 Å². The van der Waals surface area contributed by atoms with E-state index in [1.54, 1.807) is 34.9 Å². The number of benzene rings is 1. The number of carbonyl (C=O) groups is 1. The predicted octanol–water partition coefficient (Wildman–Crippen LogP) is 2.61. The largest absolute Gasteiger partial charge is 0.465 e. The summed E-state index contributed by atoms with van der Waals surface area (Å²) >= 11 is 0. The van der Waals surface area contributed by atoms with Gasteiger partial charge in [-0.15, -0.1) is 0 Å². The van der Waals surface area contributed by atoms with Crippen LogP contribution in [0.25, 0.3) is 16.6 Å². The lowest BCUT2D eigenvalue weighted by molar-refractivity contribution is -0.121. The molecule has 1 amide bonds. The summed E-state index contributed by atoms with van der Waals surface area (Å²) in [5.74, 6) is 0.554. The van der Waals surface area contributed by atoms with Gasteiger partial charge < -0.3 is 14.1 Å². The number of nitrogens with one attached hydrogen (secondary N) is 1. The number of aryl methyl sites for hydroxylation is 1. The second-order valence-electron chi connectivity index (χ2n) is 6.08. The first-order valence-corrected chi connectivity index (χ1v) is 8.14. The predicted molar refractivity (Wildman–Crippen MR) is 94.4 cm³/mol. The van der Waals surface area contributed by atoms with E-state index < -0.39 is 5.82 Å². The van der Waals surface area contributed by atoms with Gasteiger partial charge >= 0.3 is 0 Å². The summed E-state index contributed by atoms with van der Waals surface area (Å²) in [5, 5.41) is 2.72. The van der Waals surface area contributed by atoms with E-state index in [0.29, 0.717) is 22.3 Å². The van der Waals surface area contributed by atoms with Crippen LogP contribution in [-0.4, -0.2) is 14.9 Å². The van der Waals surface area contributed by atoms with Gasteiger partial charge in [0.25, 0.3) is 5.56 Å². The minimum Gasteiger partial charge on any atom is -0.465 e. The standard InChI is InChI=1S/C19H16FN3O3/c1-12-4-6-14(26-12)10-21-18(24)11-23-17-9-13(20)5-7-15(17)22-8-2-3-16(22)19(23)25/h2-9H,10-11H2,1H3,(H,21,24). The van der Waals surface area contributed by atoms with E-state index in [0.717, 1.165) is 5.76 Å². The third kappa shape index (κ3) is 2.77. The summed E-state index contributed by atoms with van der Waals surface area (Å²) in [6.07, 6.45) is 1.74. The van der Waals surface area contributed by atoms with Crippen LogP contribution in [0.1, 0.15) is 11.5 Å². The number of aromatic nitrogens is 2. The summed E-state index contributed by atoms with van der Waals surface area (Å²) in [6, 6.07) is 11.2. The average Bonchev–Trinajstić information content (AvgIpc) is 3.26. The van der Waals surface area contributed by atoms with Gasteiger partial charge in [-0.3, -0.25) is 14.2 Å². The van der Waals surface area contributed by atoms with E-state index in [9.17, 15) is 14.0 Å². The van der Waals surface area contributed by atoms with E-state index in [1.807, 2.05) is 13.0 Å². The zero-order valence-corrected chi connectivity index (χ0v) is 14.0. The SMILES string of the molecule is Cc1ccc(CNC(=O)Cn2c(=O)c3cccn3c3ccc(F)cc32)o1. The molecule has 0 atom stereocenters. The minimum absolute atomic E-state index is 0.208. The zero-order valence-electron chi connectivity index (χ0n) is 14.0. The minimum atomic E-state index is -0.469. The Morgan fingerprint density at radius 1 is 1.15 bits per heavy atom. The van der Waals surface area contributed by atoms with Crippen LogP contribution in [0.15, 0.2) is 57.9 Å². The summed E-state index contributed by atoms with van der Waals surface area (Å²) in [4.78, 5) is 25.1. The molecule has 0 bridgehead atoms. The highest BCUT2D eigenvalue weighted by molar-refractivity contribution is 5.82. The van der Waals surface area contributed by atoms with Gasteiger partial charge in [-0.1, -0.05) is 0 Å². The molecule has 0 radical (unpaired) electrons. The third-order valence-corrected chi connectivity index (χ3v) is 4.26. The molecule has 0 spiro atoms. The maximum atomic E-state index is 13.7.